The molecule has 0 aromatic carbocycles. The van der Waals surface area contributed by atoms with Gasteiger partial charge in [0, 0.05) is 18.0 Å². The van der Waals surface area contributed by atoms with Crippen molar-refractivity contribution in [3.05, 3.63) is 0 Å². The second kappa shape index (κ2) is 4.79. The van der Waals surface area contributed by atoms with E-state index in [0.717, 1.165) is 34.8 Å². The van der Waals surface area contributed by atoms with Gasteiger partial charge in [-0.15, -0.1) is 23.5 Å². The molecule has 2 heterocycles. The number of thioether (sulfide) groups is 2. The van der Waals surface area contributed by atoms with Gasteiger partial charge in [0.25, 0.3) is 0 Å². The summed E-state index contributed by atoms with van der Waals surface area (Å²) in [6, 6.07) is 0. The van der Waals surface area contributed by atoms with E-state index in [1.807, 2.05) is 0 Å². The summed E-state index contributed by atoms with van der Waals surface area (Å²) < 4.78 is 0.734. The summed E-state index contributed by atoms with van der Waals surface area (Å²) in [6.45, 7) is 1.16. The Morgan fingerprint density at radius 1 is 1.05 bits per heavy atom. The normalized spacial score (nSPS) is 56.4. The molecule has 3 atom stereocenters. The van der Waals surface area contributed by atoms with Crippen LogP contribution in [-0.4, -0.2) is 34.1 Å². The van der Waals surface area contributed by atoms with Gasteiger partial charge in [-0.2, -0.15) is 0 Å². The predicted molar refractivity (Wildman–Crippen MR) is 86.6 cm³/mol. The van der Waals surface area contributed by atoms with Crippen LogP contribution >= 0.6 is 23.5 Å². The van der Waals surface area contributed by atoms with E-state index in [-0.39, 0.29) is 0 Å². The largest absolute Gasteiger partial charge is 0.309 e. The molecule has 0 aromatic rings. The quantitative estimate of drug-likeness (QED) is 0.744. The Bertz CT molecular complexity index is 355. The molecule has 20 heavy (non-hydrogen) atoms. The lowest BCUT2D eigenvalue weighted by Gasteiger charge is -2.57. The minimum Gasteiger partial charge on any atom is -0.309 e. The van der Waals surface area contributed by atoms with Crippen LogP contribution in [0.4, 0.5) is 0 Å². The van der Waals surface area contributed by atoms with Crippen LogP contribution in [0.25, 0.3) is 0 Å². The van der Waals surface area contributed by atoms with E-state index in [4.69, 9.17) is 0 Å². The lowest BCUT2D eigenvalue weighted by atomic mass is 9.53. The van der Waals surface area contributed by atoms with Crippen LogP contribution in [0.5, 0.6) is 0 Å². The van der Waals surface area contributed by atoms with Crippen molar-refractivity contribution in [2.24, 2.45) is 17.8 Å². The molecule has 4 saturated carbocycles. The molecule has 6 aliphatic rings. The van der Waals surface area contributed by atoms with Crippen LogP contribution < -0.4 is 16.0 Å². The fourth-order valence-corrected chi connectivity index (χ4v) is 8.60. The molecule has 3 nitrogen and oxygen atoms in total. The number of fused-ring (bicyclic) bond motifs is 1. The third-order valence-corrected chi connectivity index (χ3v) is 9.03. The smallest absolute Gasteiger partial charge is 0.0816 e. The van der Waals surface area contributed by atoms with Gasteiger partial charge in [0.2, 0.25) is 0 Å². The van der Waals surface area contributed by atoms with Crippen molar-refractivity contribution in [2.45, 2.75) is 60.2 Å². The van der Waals surface area contributed by atoms with Crippen LogP contribution in [0.1, 0.15) is 38.5 Å². The molecule has 2 aliphatic heterocycles. The highest BCUT2D eigenvalue weighted by molar-refractivity contribution is 8.17. The number of hydrogen-bond acceptors (Lipinski definition) is 5. The SMILES string of the molecule is C1NC2NC(CNC34CC5CC(CC(C5)C3)C4)SC2S1. The van der Waals surface area contributed by atoms with Gasteiger partial charge in [-0.1, -0.05) is 0 Å². The van der Waals surface area contributed by atoms with Crippen molar-refractivity contribution in [2.75, 3.05) is 12.4 Å². The van der Waals surface area contributed by atoms with Crippen molar-refractivity contribution in [3.8, 4) is 0 Å². The molecule has 3 N–H and O–H groups in total. The molecule has 0 aromatic heterocycles. The monoisotopic (exact) mass is 311 g/mol. The van der Waals surface area contributed by atoms with Crippen molar-refractivity contribution in [1.82, 2.24) is 16.0 Å². The Hall–Kier alpha value is 0.580. The minimum atomic E-state index is 0.523. The molecule has 4 bridgehead atoms. The molecule has 4 aliphatic carbocycles. The average Bonchev–Trinajstić information content (AvgIpc) is 2.95. The van der Waals surface area contributed by atoms with E-state index in [2.05, 4.69) is 39.5 Å². The maximum atomic E-state index is 4.04. The maximum absolute atomic E-state index is 4.04. The van der Waals surface area contributed by atoms with Gasteiger partial charge in [-0.05, 0) is 56.3 Å². The number of nitrogens with one attached hydrogen (secondary N) is 3. The van der Waals surface area contributed by atoms with E-state index >= 15 is 0 Å². The Morgan fingerprint density at radius 3 is 2.40 bits per heavy atom. The van der Waals surface area contributed by atoms with Crippen LogP contribution in [0.3, 0.4) is 0 Å². The molecule has 112 valence electrons. The fraction of sp³-hybridized carbons (Fsp3) is 1.00. The predicted octanol–water partition coefficient (Wildman–Crippen LogP) is 2.15. The Kier molecular flexibility index (Phi) is 3.13. The lowest BCUT2D eigenvalue weighted by molar-refractivity contribution is -0.0196. The third-order valence-electron chi connectivity index (χ3n) is 6.19. The molecule has 6 rings (SSSR count). The van der Waals surface area contributed by atoms with Crippen molar-refractivity contribution >= 4 is 23.5 Å². The first kappa shape index (κ1) is 13.1. The first-order chi connectivity index (χ1) is 9.78. The average molecular weight is 312 g/mol. The highest BCUT2D eigenvalue weighted by Gasteiger charge is 2.51. The Labute approximate surface area is 130 Å². The molecule has 2 saturated heterocycles. The Morgan fingerprint density at radius 2 is 1.75 bits per heavy atom. The van der Waals surface area contributed by atoms with Crippen LogP contribution in [0.15, 0.2) is 0 Å². The van der Waals surface area contributed by atoms with Gasteiger partial charge in [0.15, 0.2) is 0 Å². The zero-order chi connectivity index (χ0) is 13.2. The standard InChI is InChI=1S/C15H25N3S2/c1-9-2-11-3-10(1)5-15(4-9,6-11)17-7-12-18-13-14(20-12)19-8-16-13/h9-14,16-18H,1-8H2. The molecule has 6 fully saturated rings. The van der Waals surface area contributed by atoms with Gasteiger partial charge in [-0.3, -0.25) is 10.6 Å². The van der Waals surface area contributed by atoms with Gasteiger partial charge in [0.05, 0.1) is 16.1 Å². The van der Waals surface area contributed by atoms with Crippen LogP contribution in [0, 0.1) is 17.8 Å². The fourth-order valence-electron chi connectivity index (χ4n) is 5.81. The molecule has 0 spiro atoms. The second-order valence-electron chi connectivity index (χ2n) is 7.73. The van der Waals surface area contributed by atoms with E-state index in [9.17, 15) is 0 Å². The highest BCUT2D eigenvalue weighted by atomic mass is 32.2. The van der Waals surface area contributed by atoms with E-state index in [1.165, 1.54) is 19.3 Å². The molecular formula is C15H25N3S2. The summed E-state index contributed by atoms with van der Waals surface area (Å²) in [6.07, 6.45) is 9.59. The van der Waals surface area contributed by atoms with Crippen molar-refractivity contribution < 1.29 is 0 Å². The molecule has 0 radical (unpaired) electrons. The summed E-state index contributed by atoms with van der Waals surface area (Å²) in [4.78, 5) is 0. The number of rotatable bonds is 3. The second-order valence-corrected chi connectivity index (χ2v) is 10.5. The lowest BCUT2D eigenvalue weighted by Crippen LogP contribution is -2.60. The summed E-state index contributed by atoms with van der Waals surface area (Å²) in [5.41, 5.74) is 0.523. The van der Waals surface area contributed by atoms with Crippen LogP contribution in [-0.2, 0) is 0 Å². The summed E-state index contributed by atoms with van der Waals surface area (Å²) >= 11 is 4.20. The molecule has 0 amide bonds. The topological polar surface area (TPSA) is 36.1 Å². The number of hydrogen-bond donors (Lipinski definition) is 3. The third kappa shape index (κ3) is 2.16. The van der Waals surface area contributed by atoms with E-state index < -0.39 is 0 Å². The first-order valence-corrected chi connectivity index (χ1v) is 10.3. The summed E-state index contributed by atoms with van der Waals surface area (Å²) in [5, 5.41) is 11.9. The minimum absolute atomic E-state index is 0.523. The Balaban J connectivity index is 1.22. The summed E-state index contributed by atoms with van der Waals surface area (Å²) in [7, 11) is 0. The van der Waals surface area contributed by atoms with Gasteiger partial charge in [-0.25, -0.2) is 0 Å². The zero-order valence-electron chi connectivity index (χ0n) is 11.9. The van der Waals surface area contributed by atoms with Gasteiger partial charge >= 0.3 is 0 Å². The molecular weight excluding hydrogens is 286 g/mol. The summed E-state index contributed by atoms with van der Waals surface area (Å²) in [5.74, 6) is 4.27. The van der Waals surface area contributed by atoms with Gasteiger partial charge in [0.1, 0.15) is 0 Å². The first-order valence-electron chi connectivity index (χ1n) is 8.30. The molecule has 5 heteroatoms. The van der Waals surface area contributed by atoms with Crippen LogP contribution in [0.2, 0.25) is 0 Å². The van der Waals surface area contributed by atoms with Gasteiger partial charge < -0.3 is 5.32 Å². The van der Waals surface area contributed by atoms with Crippen molar-refractivity contribution in [3.63, 3.8) is 0 Å². The van der Waals surface area contributed by atoms with Crippen molar-refractivity contribution in [1.29, 1.82) is 0 Å². The highest BCUT2D eigenvalue weighted by Crippen LogP contribution is 2.55. The maximum Gasteiger partial charge on any atom is 0.0816 e. The molecule has 3 unspecified atom stereocenters. The van der Waals surface area contributed by atoms with E-state index in [1.54, 1.807) is 19.3 Å². The zero-order valence-corrected chi connectivity index (χ0v) is 13.6. The van der Waals surface area contributed by atoms with E-state index in [0.29, 0.717) is 17.1 Å².